The van der Waals surface area contributed by atoms with Crippen LogP contribution in [0.3, 0.4) is 0 Å². The molecule has 0 unspecified atom stereocenters. The summed E-state index contributed by atoms with van der Waals surface area (Å²) in [5, 5.41) is 4.60. The van der Waals surface area contributed by atoms with Gasteiger partial charge in [0.15, 0.2) is 0 Å². The number of nitrogens with zero attached hydrogens (tertiary/aromatic N) is 2. The summed E-state index contributed by atoms with van der Waals surface area (Å²) in [6, 6.07) is 6.89. The van der Waals surface area contributed by atoms with Gasteiger partial charge in [-0.15, -0.1) is 0 Å². The van der Waals surface area contributed by atoms with Gasteiger partial charge in [0.25, 0.3) is 5.91 Å². The van der Waals surface area contributed by atoms with Crippen LogP contribution in [0.15, 0.2) is 30.5 Å². The zero-order valence-corrected chi connectivity index (χ0v) is 12.4. The van der Waals surface area contributed by atoms with Crippen molar-refractivity contribution >= 4 is 27.5 Å². The van der Waals surface area contributed by atoms with Gasteiger partial charge in [-0.05, 0) is 6.07 Å². The van der Waals surface area contributed by atoms with Crippen LogP contribution in [0.5, 0.6) is 0 Å². The van der Waals surface area contributed by atoms with E-state index in [0.717, 1.165) is 6.26 Å². The van der Waals surface area contributed by atoms with Crippen LogP contribution in [0.1, 0.15) is 10.4 Å². The third-order valence-electron chi connectivity index (χ3n) is 2.48. The number of carbonyl (C=O) groups excluding carboxylic acids is 1. The molecule has 0 saturated heterocycles. The Kier molecular flexibility index (Phi) is 3.82. The number of hydrogen-bond donors (Lipinski definition) is 1. The van der Waals surface area contributed by atoms with Crippen molar-refractivity contribution in [3.05, 3.63) is 41.0 Å². The Balaban J connectivity index is 2.52. The molecule has 1 N–H and O–H groups in total. The molecule has 8 heteroatoms. The molecule has 0 aliphatic rings. The van der Waals surface area contributed by atoms with Crippen molar-refractivity contribution in [2.24, 2.45) is 7.05 Å². The van der Waals surface area contributed by atoms with Gasteiger partial charge in [-0.3, -0.25) is 9.48 Å². The summed E-state index contributed by atoms with van der Waals surface area (Å²) in [7, 11) is -2.00. The average Bonchev–Trinajstić information content (AvgIpc) is 2.69. The second-order valence-electron chi connectivity index (χ2n) is 4.25. The lowest BCUT2D eigenvalue weighted by Crippen LogP contribution is -2.29. The number of nitrogens with one attached hydrogen (secondary N) is 1. The maximum atomic E-state index is 12.0. The topological polar surface area (TPSA) is 81.1 Å². The minimum atomic E-state index is -3.64. The van der Waals surface area contributed by atoms with Gasteiger partial charge in [0.05, 0.1) is 16.8 Å². The van der Waals surface area contributed by atoms with Gasteiger partial charge in [-0.2, -0.15) is 5.10 Å². The molecule has 20 heavy (non-hydrogen) atoms. The highest BCUT2D eigenvalue weighted by molar-refractivity contribution is 7.89. The number of amides is 1. The van der Waals surface area contributed by atoms with Gasteiger partial charge in [-0.25, -0.2) is 13.1 Å². The largest absolute Gasteiger partial charge is 0.274 e. The first-order valence-electron chi connectivity index (χ1n) is 5.58. The van der Waals surface area contributed by atoms with E-state index in [9.17, 15) is 13.2 Å². The minimum absolute atomic E-state index is 0.144. The van der Waals surface area contributed by atoms with Crippen LogP contribution in [0.2, 0.25) is 5.02 Å². The molecule has 106 valence electrons. The first-order chi connectivity index (χ1) is 9.28. The molecule has 0 fully saturated rings. The van der Waals surface area contributed by atoms with Crippen molar-refractivity contribution in [2.75, 3.05) is 6.26 Å². The molecule has 0 spiro atoms. The van der Waals surface area contributed by atoms with E-state index in [1.54, 1.807) is 31.3 Å². The van der Waals surface area contributed by atoms with E-state index in [4.69, 9.17) is 11.6 Å². The SMILES string of the molecule is Cn1cc(C(=O)NS(C)(=O)=O)c(-c2ccccc2Cl)n1. The van der Waals surface area contributed by atoms with Gasteiger partial charge in [0, 0.05) is 18.8 Å². The van der Waals surface area contributed by atoms with Crippen LogP contribution >= 0.6 is 11.6 Å². The summed E-state index contributed by atoms with van der Waals surface area (Å²) in [4.78, 5) is 12.0. The van der Waals surface area contributed by atoms with Crippen LogP contribution in [-0.2, 0) is 17.1 Å². The molecule has 0 aliphatic heterocycles. The highest BCUT2D eigenvalue weighted by Gasteiger charge is 2.20. The number of aromatic nitrogens is 2. The number of benzene rings is 1. The molecule has 0 radical (unpaired) electrons. The quantitative estimate of drug-likeness (QED) is 0.929. The molecule has 2 rings (SSSR count). The Morgan fingerprint density at radius 3 is 2.60 bits per heavy atom. The molecule has 0 atom stereocenters. The smallest absolute Gasteiger partial charge is 0.268 e. The number of aryl methyl sites for hydroxylation is 1. The Bertz CT molecular complexity index is 768. The molecule has 1 aromatic carbocycles. The van der Waals surface area contributed by atoms with Crippen LogP contribution in [0, 0.1) is 0 Å². The number of carbonyl (C=O) groups is 1. The van der Waals surface area contributed by atoms with Crippen LogP contribution < -0.4 is 4.72 Å². The number of sulfonamides is 1. The Morgan fingerprint density at radius 1 is 1.35 bits per heavy atom. The molecule has 0 bridgehead atoms. The summed E-state index contributed by atoms with van der Waals surface area (Å²) in [5.74, 6) is -0.740. The predicted molar refractivity (Wildman–Crippen MR) is 76.0 cm³/mol. The first kappa shape index (κ1) is 14.5. The van der Waals surface area contributed by atoms with Gasteiger partial charge in [0.2, 0.25) is 10.0 Å². The summed E-state index contributed by atoms with van der Waals surface area (Å²) in [6.45, 7) is 0. The Morgan fingerprint density at radius 2 is 2.00 bits per heavy atom. The molecule has 1 aromatic heterocycles. The van der Waals surface area contributed by atoms with Gasteiger partial charge < -0.3 is 0 Å². The van der Waals surface area contributed by atoms with Gasteiger partial charge >= 0.3 is 0 Å². The lowest BCUT2D eigenvalue weighted by atomic mass is 10.1. The van der Waals surface area contributed by atoms with Crippen LogP contribution in [0.25, 0.3) is 11.3 Å². The number of hydrogen-bond acceptors (Lipinski definition) is 4. The molecular formula is C12H12ClN3O3S. The van der Waals surface area contributed by atoms with Crippen LogP contribution in [-0.4, -0.2) is 30.4 Å². The van der Waals surface area contributed by atoms with Crippen molar-refractivity contribution in [2.45, 2.75) is 0 Å². The first-order valence-corrected chi connectivity index (χ1v) is 7.85. The average molecular weight is 314 g/mol. The summed E-state index contributed by atoms with van der Waals surface area (Å²) in [5.41, 5.74) is 1.04. The van der Waals surface area contributed by atoms with E-state index in [-0.39, 0.29) is 5.56 Å². The van der Waals surface area contributed by atoms with Crippen molar-refractivity contribution in [3.63, 3.8) is 0 Å². The molecule has 0 aliphatic carbocycles. The molecule has 2 aromatic rings. The fourth-order valence-electron chi connectivity index (χ4n) is 1.73. The van der Waals surface area contributed by atoms with E-state index >= 15 is 0 Å². The van der Waals surface area contributed by atoms with E-state index in [2.05, 4.69) is 5.10 Å². The second-order valence-corrected chi connectivity index (χ2v) is 6.40. The lowest BCUT2D eigenvalue weighted by molar-refractivity contribution is 0.0982. The van der Waals surface area contributed by atoms with Gasteiger partial charge in [-0.1, -0.05) is 29.8 Å². The molecule has 0 saturated carbocycles. The van der Waals surface area contributed by atoms with E-state index in [1.807, 2.05) is 4.72 Å². The molecular weight excluding hydrogens is 302 g/mol. The van der Waals surface area contributed by atoms with Crippen molar-refractivity contribution in [3.8, 4) is 11.3 Å². The van der Waals surface area contributed by atoms with E-state index < -0.39 is 15.9 Å². The van der Waals surface area contributed by atoms with Gasteiger partial charge in [0.1, 0.15) is 5.69 Å². The normalized spacial score (nSPS) is 11.3. The standard InChI is InChI=1S/C12H12ClN3O3S/c1-16-7-9(12(17)15-20(2,18)19)11(14-16)8-5-3-4-6-10(8)13/h3-7H,1-2H3,(H,15,17). The summed E-state index contributed by atoms with van der Waals surface area (Å²) < 4.78 is 25.6. The maximum Gasteiger partial charge on any atom is 0.268 e. The van der Waals surface area contributed by atoms with E-state index in [1.165, 1.54) is 10.9 Å². The molecule has 1 amide bonds. The highest BCUT2D eigenvalue weighted by atomic mass is 35.5. The van der Waals surface area contributed by atoms with Crippen molar-refractivity contribution in [1.82, 2.24) is 14.5 Å². The highest BCUT2D eigenvalue weighted by Crippen LogP contribution is 2.28. The second kappa shape index (κ2) is 5.26. The Hall–Kier alpha value is -1.86. The van der Waals surface area contributed by atoms with Crippen molar-refractivity contribution < 1.29 is 13.2 Å². The monoisotopic (exact) mass is 313 g/mol. The van der Waals surface area contributed by atoms with E-state index in [0.29, 0.717) is 16.3 Å². The van der Waals surface area contributed by atoms with Crippen LogP contribution in [0.4, 0.5) is 0 Å². The third-order valence-corrected chi connectivity index (χ3v) is 3.37. The molecule has 6 nitrogen and oxygen atoms in total. The summed E-state index contributed by atoms with van der Waals surface area (Å²) >= 11 is 6.08. The molecule has 1 heterocycles. The van der Waals surface area contributed by atoms with Crippen molar-refractivity contribution in [1.29, 1.82) is 0 Å². The number of halogens is 1. The lowest BCUT2D eigenvalue weighted by Gasteiger charge is -2.04. The third kappa shape index (κ3) is 3.17. The number of rotatable bonds is 3. The zero-order chi connectivity index (χ0) is 14.9. The predicted octanol–water partition coefficient (Wildman–Crippen LogP) is 1.43. The zero-order valence-electron chi connectivity index (χ0n) is 10.8. The fraction of sp³-hybridized carbons (Fsp3) is 0.167. The maximum absolute atomic E-state index is 12.0. The fourth-order valence-corrected chi connectivity index (χ4v) is 2.40. The summed E-state index contributed by atoms with van der Waals surface area (Å²) in [6.07, 6.45) is 2.36. The Labute approximate surface area is 121 Å². The minimum Gasteiger partial charge on any atom is -0.274 e.